The lowest BCUT2D eigenvalue weighted by molar-refractivity contribution is -0.124. The molecule has 1 aromatic rings. The largest absolute Gasteiger partial charge is 0.350 e. The van der Waals surface area contributed by atoms with E-state index in [1.807, 2.05) is 31.2 Å². The predicted molar refractivity (Wildman–Crippen MR) is 96.6 cm³/mol. The van der Waals surface area contributed by atoms with Crippen LogP contribution in [-0.2, 0) is 16.0 Å². The van der Waals surface area contributed by atoms with Crippen molar-refractivity contribution in [2.45, 2.75) is 52.0 Å². The highest BCUT2D eigenvalue weighted by Crippen LogP contribution is 2.27. The SMILES string of the molecule is CC(C)CC(C)(CN)NC(=O)CCC1Cc2ccccc2NC1=O. The van der Waals surface area contributed by atoms with E-state index in [1.165, 1.54) is 0 Å². The summed E-state index contributed by atoms with van der Waals surface area (Å²) in [6.07, 6.45) is 2.42. The third-order valence-electron chi connectivity index (χ3n) is 4.58. The standard InChI is InChI=1S/C19H29N3O2/c1-13(2)11-19(3,12-20)22-17(23)9-8-15-10-14-6-4-5-7-16(14)21-18(15)24/h4-7,13,15H,8-12,20H2,1-3H3,(H,21,24)(H,22,23). The molecule has 0 aliphatic carbocycles. The van der Waals surface area contributed by atoms with E-state index in [4.69, 9.17) is 5.73 Å². The van der Waals surface area contributed by atoms with E-state index in [1.54, 1.807) is 0 Å². The highest BCUT2D eigenvalue weighted by atomic mass is 16.2. The molecule has 2 amide bonds. The van der Waals surface area contributed by atoms with Gasteiger partial charge in [-0.25, -0.2) is 0 Å². The second-order valence-corrected chi connectivity index (χ2v) is 7.50. The smallest absolute Gasteiger partial charge is 0.227 e. The van der Waals surface area contributed by atoms with E-state index < -0.39 is 0 Å². The molecule has 1 aliphatic heterocycles. The molecular weight excluding hydrogens is 302 g/mol. The molecule has 2 unspecified atom stereocenters. The van der Waals surface area contributed by atoms with Crippen molar-refractivity contribution < 1.29 is 9.59 Å². The molecule has 5 heteroatoms. The van der Waals surface area contributed by atoms with Crippen molar-refractivity contribution in [3.05, 3.63) is 29.8 Å². The van der Waals surface area contributed by atoms with Crippen LogP contribution in [0.5, 0.6) is 0 Å². The van der Waals surface area contributed by atoms with Crippen molar-refractivity contribution in [3.8, 4) is 0 Å². The number of nitrogens with one attached hydrogen (secondary N) is 2. The van der Waals surface area contributed by atoms with Crippen molar-refractivity contribution in [1.82, 2.24) is 5.32 Å². The average molecular weight is 331 g/mol. The third-order valence-corrected chi connectivity index (χ3v) is 4.58. The number of nitrogens with two attached hydrogens (primary N) is 1. The number of anilines is 1. The van der Waals surface area contributed by atoms with Crippen LogP contribution in [0.25, 0.3) is 0 Å². The van der Waals surface area contributed by atoms with Crippen molar-refractivity contribution in [3.63, 3.8) is 0 Å². The molecule has 2 rings (SSSR count). The molecule has 0 fully saturated rings. The van der Waals surface area contributed by atoms with Gasteiger partial charge in [0.1, 0.15) is 0 Å². The molecule has 1 heterocycles. The van der Waals surface area contributed by atoms with Crippen molar-refractivity contribution in [2.24, 2.45) is 17.6 Å². The lowest BCUT2D eigenvalue weighted by Gasteiger charge is -2.31. The molecule has 0 saturated heterocycles. The fraction of sp³-hybridized carbons (Fsp3) is 0.579. The van der Waals surface area contributed by atoms with Gasteiger partial charge in [0.05, 0.1) is 0 Å². The van der Waals surface area contributed by atoms with Crippen LogP contribution in [0.3, 0.4) is 0 Å². The van der Waals surface area contributed by atoms with Crippen LogP contribution in [-0.4, -0.2) is 23.9 Å². The van der Waals surface area contributed by atoms with Gasteiger partial charge < -0.3 is 16.4 Å². The molecule has 0 radical (unpaired) electrons. The molecule has 0 saturated carbocycles. The van der Waals surface area contributed by atoms with Crippen molar-refractivity contribution >= 4 is 17.5 Å². The molecule has 4 N–H and O–H groups in total. The normalized spacial score (nSPS) is 19.4. The highest BCUT2D eigenvalue weighted by molar-refractivity contribution is 5.96. The molecule has 1 aliphatic rings. The van der Waals surface area contributed by atoms with Crippen LogP contribution >= 0.6 is 0 Å². The van der Waals surface area contributed by atoms with Gasteiger partial charge in [-0.2, -0.15) is 0 Å². The van der Waals surface area contributed by atoms with Crippen LogP contribution in [0.2, 0.25) is 0 Å². The number of carbonyl (C=O) groups excluding carboxylic acids is 2. The second kappa shape index (κ2) is 7.79. The molecule has 0 bridgehead atoms. The molecule has 5 nitrogen and oxygen atoms in total. The second-order valence-electron chi connectivity index (χ2n) is 7.50. The summed E-state index contributed by atoms with van der Waals surface area (Å²) in [5.41, 5.74) is 7.48. The lowest BCUT2D eigenvalue weighted by atomic mass is 9.88. The summed E-state index contributed by atoms with van der Waals surface area (Å²) in [5, 5.41) is 5.98. The Morgan fingerprint density at radius 3 is 2.79 bits per heavy atom. The van der Waals surface area contributed by atoms with E-state index >= 15 is 0 Å². The number of benzene rings is 1. The summed E-state index contributed by atoms with van der Waals surface area (Å²) in [6, 6.07) is 7.82. The first kappa shape index (κ1) is 18.5. The van der Waals surface area contributed by atoms with E-state index in [9.17, 15) is 9.59 Å². The molecule has 0 spiro atoms. The predicted octanol–water partition coefficient (Wildman–Crippen LogP) is 2.46. The summed E-state index contributed by atoms with van der Waals surface area (Å²) in [6.45, 7) is 6.62. The van der Waals surface area contributed by atoms with Gasteiger partial charge >= 0.3 is 0 Å². The summed E-state index contributed by atoms with van der Waals surface area (Å²) in [4.78, 5) is 24.5. The number of rotatable bonds is 7. The lowest BCUT2D eigenvalue weighted by Crippen LogP contribution is -2.52. The Morgan fingerprint density at radius 1 is 1.42 bits per heavy atom. The number of fused-ring (bicyclic) bond motifs is 1. The summed E-state index contributed by atoms with van der Waals surface area (Å²) < 4.78 is 0. The van der Waals surface area contributed by atoms with Gasteiger partial charge in [0, 0.05) is 30.1 Å². The number of hydrogen-bond donors (Lipinski definition) is 3. The molecular formula is C19H29N3O2. The maximum Gasteiger partial charge on any atom is 0.227 e. The fourth-order valence-corrected chi connectivity index (χ4v) is 3.44. The fourth-order valence-electron chi connectivity index (χ4n) is 3.44. The number of hydrogen-bond acceptors (Lipinski definition) is 3. The average Bonchev–Trinajstić information content (AvgIpc) is 2.52. The van der Waals surface area contributed by atoms with E-state index in [0.717, 1.165) is 17.7 Å². The van der Waals surface area contributed by atoms with Crippen molar-refractivity contribution in [2.75, 3.05) is 11.9 Å². The summed E-state index contributed by atoms with van der Waals surface area (Å²) in [7, 11) is 0. The van der Waals surface area contributed by atoms with E-state index in [0.29, 0.717) is 31.7 Å². The topological polar surface area (TPSA) is 84.2 Å². The number of para-hydroxylation sites is 1. The maximum absolute atomic E-state index is 12.3. The van der Waals surface area contributed by atoms with Crippen LogP contribution < -0.4 is 16.4 Å². The van der Waals surface area contributed by atoms with Crippen LogP contribution in [0.1, 0.15) is 45.6 Å². The number of carbonyl (C=O) groups is 2. The monoisotopic (exact) mass is 331 g/mol. The maximum atomic E-state index is 12.3. The first-order valence-electron chi connectivity index (χ1n) is 8.73. The molecule has 24 heavy (non-hydrogen) atoms. The summed E-state index contributed by atoms with van der Waals surface area (Å²) in [5.74, 6) is 0.278. The van der Waals surface area contributed by atoms with Crippen LogP contribution in [0.4, 0.5) is 5.69 Å². The van der Waals surface area contributed by atoms with Crippen LogP contribution in [0, 0.1) is 11.8 Å². The van der Waals surface area contributed by atoms with Crippen LogP contribution in [0.15, 0.2) is 24.3 Å². The van der Waals surface area contributed by atoms with Crippen molar-refractivity contribution in [1.29, 1.82) is 0 Å². The Morgan fingerprint density at radius 2 is 2.12 bits per heavy atom. The Labute approximate surface area is 144 Å². The molecule has 1 aromatic carbocycles. The van der Waals surface area contributed by atoms with E-state index in [2.05, 4.69) is 24.5 Å². The first-order valence-corrected chi connectivity index (χ1v) is 8.73. The summed E-state index contributed by atoms with van der Waals surface area (Å²) >= 11 is 0. The Hall–Kier alpha value is -1.88. The van der Waals surface area contributed by atoms with Gasteiger partial charge in [-0.05, 0) is 43.7 Å². The minimum atomic E-state index is -0.382. The molecule has 2 atom stereocenters. The Bertz CT molecular complexity index is 600. The third kappa shape index (κ3) is 4.81. The zero-order valence-electron chi connectivity index (χ0n) is 14.9. The Balaban J connectivity index is 1.89. The zero-order valence-corrected chi connectivity index (χ0v) is 14.9. The van der Waals surface area contributed by atoms with E-state index in [-0.39, 0.29) is 23.3 Å². The van der Waals surface area contributed by atoms with Gasteiger partial charge in [-0.15, -0.1) is 0 Å². The molecule has 0 aromatic heterocycles. The molecule has 132 valence electrons. The first-order chi connectivity index (χ1) is 11.3. The van der Waals surface area contributed by atoms with Gasteiger partial charge in [0.15, 0.2) is 0 Å². The zero-order chi connectivity index (χ0) is 17.7. The number of amides is 2. The van der Waals surface area contributed by atoms with Gasteiger partial charge in [-0.3, -0.25) is 9.59 Å². The Kier molecular flexibility index (Phi) is 5.99. The van der Waals surface area contributed by atoms with Gasteiger partial charge in [0.2, 0.25) is 11.8 Å². The van der Waals surface area contributed by atoms with Gasteiger partial charge in [-0.1, -0.05) is 32.0 Å². The minimum absolute atomic E-state index is 0.00488. The minimum Gasteiger partial charge on any atom is -0.350 e. The van der Waals surface area contributed by atoms with Gasteiger partial charge in [0.25, 0.3) is 0 Å². The highest BCUT2D eigenvalue weighted by Gasteiger charge is 2.29. The quantitative estimate of drug-likeness (QED) is 0.717.